The predicted molar refractivity (Wildman–Crippen MR) is 71.6 cm³/mol. The molecule has 0 bridgehead atoms. The van der Waals surface area contributed by atoms with Crippen molar-refractivity contribution >= 4 is 17.6 Å². The molecule has 0 aliphatic heterocycles. The van der Waals surface area contributed by atoms with E-state index in [4.69, 9.17) is 5.11 Å². The lowest BCUT2D eigenvalue weighted by atomic mass is 10.1. The van der Waals surface area contributed by atoms with E-state index >= 15 is 0 Å². The number of amides is 1. The van der Waals surface area contributed by atoms with E-state index in [1.165, 1.54) is 25.1 Å². The monoisotopic (exact) mass is 280 g/mol. The zero-order chi connectivity index (χ0) is 15.3. The van der Waals surface area contributed by atoms with Crippen LogP contribution in [-0.2, 0) is 4.79 Å². The maximum absolute atomic E-state index is 11.9. The van der Waals surface area contributed by atoms with Gasteiger partial charge in [0.05, 0.1) is 4.92 Å². The third-order valence-corrected chi connectivity index (χ3v) is 2.88. The number of carboxylic acid groups (broad SMARTS) is 1. The first-order valence-electron chi connectivity index (χ1n) is 6.07. The Morgan fingerprint density at radius 2 is 2.10 bits per heavy atom. The second kappa shape index (κ2) is 6.65. The number of aliphatic carboxylic acids is 1. The maximum atomic E-state index is 11.9. The van der Waals surface area contributed by atoms with Gasteiger partial charge >= 0.3 is 5.97 Å². The minimum Gasteiger partial charge on any atom is -0.481 e. The first-order chi connectivity index (χ1) is 9.32. The molecule has 1 rings (SSSR count). The number of carbonyl (C=O) groups is 2. The van der Waals surface area contributed by atoms with Crippen LogP contribution in [0.1, 0.15) is 29.3 Å². The molecule has 0 saturated heterocycles. The lowest BCUT2D eigenvalue weighted by Crippen LogP contribution is -2.29. The molecule has 0 aromatic heterocycles. The molecule has 2 N–H and O–H groups in total. The molecule has 0 aliphatic rings. The Kier molecular flexibility index (Phi) is 5.19. The summed E-state index contributed by atoms with van der Waals surface area (Å²) in [5, 5.41) is 22.0. The first kappa shape index (κ1) is 15.6. The van der Waals surface area contributed by atoms with E-state index in [1.807, 2.05) is 0 Å². The number of nitrogens with zero attached hydrogens (tertiary/aromatic N) is 1. The third-order valence-electron chi connectivity index (χ3n) is 2.88. The van der Waals surface area contributed by atoms with E-state index in [9.17, 15) is 19.7 Å². The first-order valence-corrected chi connectivity index (χ1v) is 6.07. The van der Waals surface area contributed by atoms with Crippen molar-refractivity contribution < 1.29 is 19.6 Å². The summed E-state index contributed by atoms with van der Waals surface area (Å²) in [6.07, 6.45) is -0.0474. The van der Waals surface area contributed by atoms with E-state index in [1.54, 1.807) is 6.92 Å². The predicted octanol–water partition coefficient (Wildman–Crippen LogP) is 1.74. The summed E-state index contributed by atoms with van der Waals surface area (Å²) in [4.78, 5) is 32.7. The summed E-state index contributed by atoms with van der Waals surface area (Å²) in [6, 6.07) is 4.28. The molecule has 0 fully saturated rings. The van der Waals surface area contributed by atoms with Gasteiger partial charge in [-0.1, -0.05) is 13.0 Å². The van der Waals surface area contributed by atoms with Crippen LogP contribution in [0, 0.1) is 23.0 Å². The van der Waals surface area contributed by atoms with Gasteiger partial charge in [0.15, 0.2) is 0 Å². The van der Waals surface area contributed by atoms with E-state index < -0.39 is 16.8 Å². The molecule has 0 spiro atoms. The SMILES string of the molecule is Cc1c(C(=O)NCC(C)CC(=O)O)cccc1[N+](=O)[O-]. The van der Waals surface area contributed by atoms with Crippen molar-refractivity contribution in [3.63, 3.8) is 0 Å². The van der Waals surface area contributed by atoms with E-state index in [0.717, 1.165) is 0 Å². The zero-order valence-electron chi connectivity index (χ0n) is 11.3. The summed E-state index contributed by atoms with van der Waals surface area (Å²) in [7, 11) is 0. The highest BCUT2D eigenvalue weighted by atomic mass is 16.6. The highest BCUT2D eigenvalue weighted by Gasteiger charge is 2.18. The fraction of sp³-hybridized carbons (Fsp3) is 0.385. The average molecular weight is 280 g/mol. The largest absolute Gasteiger partial charge is 0.481 e. The van der Waals surface area contributed by atoms with Gasteiger partial charge < -0.3 is 10.4 Å². The van der Waals surface area contributed by atoms with E-state index in [0.29, 0.717) is 5.56 Å². The number of nitro benzene ring substituents is 1. The van der Waals surface area contributed by atoms with Crippen molar-refractivity contribution in [1.29, 1.82) is 0 Å². The molecule has 7 nitrogen and oxygen atoms in total. The number of benzene rings is 1. The molecule has 1 unspecified atom stereocenters. The molecule has 108 valence electrons. The Hall–Kier alpha value is -2.44. The van der Waals surface area contributed by atoms with Gasteiger partial charge in [-0.3, -0.25) is 19.7 Å². The smallest absolute Gasteiger partial charge is 0.303 e. The van der Waals surface area contributed by atoms with Gasteiger partial charge in [0.2, 0.25) is 0 Å². The molecule has 1 amide bonds. The Bertz CT molecular complexity index is 542. The molecule has 1 atom stereocenters. The van der Waals surface area contributed by atoms with Crippen molar-refractivity contribution in [2.45, 2.75) is 20.3 Å². The van der Waals surface area contributed by atoms with Gasteiger partial charge in [0, 0.05) is 30.2 Å². The van der Waals surface area contributed by atoms with Gasteiger partial charge in [-0.25, -0.2) is 0 Å². The highest BCUT2D eigenvalue weighted by Crippen LogP contribution is 2.20. The van der Waals surface area contributed by atoms with Crippen molar-refractivity contribution in [3.8, 4) is 0 Å². The number of nitrogens with one attached hydrogen (secondary N) is 1. The van der Waals surface area contributed by atoms with Crippen LogP contribution in [0.3, 0.4) is 0 Å². The molecule has 0 saturated carbocycles. The Morgan fingerprint density at radius 3 is 2.65 bits per heavy atom. The van der Waals surface area contributed by atoms with Gasteiger partial charge in [-0.2, -0.15) is 0 Å². The number of carbonyl (C=O) groups excluding carboxylic acids is 1. The quantitative estimate of drug-likeness (QED) is 0.609. The summed E-state index contributed by atoms with van der Waals surface area (Å²) < 4.78 is 0. The van der Waals surface area contributed by atoms with Crippen LogP contribution in [0.4, 0.5) is 5.69 Å². The fourth-order valence-corrected chi connectivity index (χ4v) is 1.80. The van der Waals surface area contributed by atoms with Crippen molar-refractivity contribution in [3.05, 3.63) is 39.4 Å². The van der Waals surface area contributed by atoms with Crippen LogP contribution in [0.2, 0.25) is 0 Å². The molecular formula is C13H16N2O5. The van der Waals surface area contributed by atoms with E-state index in [2.05, 4.69) is 5.32 Å². The van der Waals surface area contributed by atoms with Gasteiger partial charge in [-0.05, 0) is 18.9 Å². The van der Waals surface area contributed by atoms with Crippen molar-refractivity contribution in [2.24, 2.45) is 5.92 Å². The minimum absolute atomic E-state index is 0.0474. The van der Waals surface area contributed by atoms with Crippen molar-refractivity contribution in [2.75, 3.05) is 6.54 Å². The number of rotatable bonds is 6. The lowest BCUT2D eigenvalue weighted by molar-refractivity contribution is -0.385. The second-order valence-corrected chi connectivity index (χ2v) is 4.62. The van der Waals surface area contributed by atoms with Crippen LogP contribution in [0.15, 0.2) is 18.2 Å². The van der Waals surface area contributed by atoms with Gasteiger partial charge in [-0.15, -0.1) is 0 Å². The Balaban J connectivity index is 2.76. The van der Waals surface area contributed by atoms with Gasteiger partial charge in [0.1, 0.15) is 0 Å². The summed E-state index contributed by atoms with van der Waals surface area (Å²) in [5.41, 5.74) is 0.402. The fourth-order valence-electron chi connectivity index (χ4n) is 1.80. The normalized spacial score (nSPS) is 11.7. The third kappa shape index (κ3) is 4.04. The zero-order valence-corrected chi connectivity index (χ0v) is 11.3. The second-order valence-electron chi connectivity index (χ2n) is 4.62. The molecular weight excluding hydrogens is 264 g/mol. The lowest BCUT2D eigenvalue weighted by Gasteiger charge is -2.11. The molecule has 1 aromatic carbocycles. The molecule has 0 heterocycles. The number of carboxylic acids is 1. The van der Waals surface area contributed by atoms with Crippen LogP contribution in [0.25, 0.3) is 0 Å². The highest BCUT2D eigenvalue weighted by molar-refractivity contribution is 5.96. The number of hydrogen-bond acceptors (Lipinski definition) is 4. The van der Waals surface area contributed by atoms with Crippen LogP contribution < -0.4 is 5.32 Å². The molecule has 7 heteroatoms. The van der Waals surface area contributed by atoms with Crippen LogP contribution in [-0.4, -0.2) is 28.5 Å². The molecule has 0 radical (unpaired) electrons. The molecule has 1 aromatic rings. The number of hydrogen-bond donors (Lipinski definition) is 2. The van der Waals surface area contributed by atoms with Crippen LogP contribution >= 0.6 is 0 Å². The summed E-state index contributed by atoms with van der Waals surface area (Å²) in [6.45, 7) is 3.41. The Morgan fingerprint density at radius 1 is 1.45 bits per heavy atom. The maximum Gasteiger partial charge on any atom is 0.303 e. The average Bonchev–Trinajstić information content (AvgIpc) is 2.35. The summed E-state index contributed by atoms with van der Waals surface area (Å²) in [5.74, 6) is -1.59. The minimum atomic E-state index is -0.932. The standard InChI is InChI=1S/C13H16N2O5/c1-8(6-12(16)17)7-14-13(18)10-4-3-5-11(9(10)2)15(19)20/h3-5,8H,6-7H2,1-2H3,(H,14,18)(H,16,17). The molecule has 0 aliphatic carbocycles. The Labute approximate surface area is 115 Å². The van der Waals surface area contributed by atoms with Crippen molar-refractivity contribution in [1.82, 2.24) is 5.32 Å². The van der Waals surface area contributed by atoms with Crippen LogP contribution in [0.5, 0.6) is 0 Å². The van der Waals surface area contributed by atoms with Gasteiger partial charge in [0.25, 0.3) is 11.6 Å². The topological polar surface area (TPSA) is 110 Å². The van der Waals surface area contributed by atoms with E-state index in [-0.39, 0.29) is 30.1 Å². The molecule has 20 heavy (non-hydrogen) atoms. The summed E-state index contributed by atoms with van der Waals surface area (Å²) >= 11 is 0. The number of nitro groups is 1.